The Balaban J connectivity index is 1.95. The van der Waals surface area contributed by atoms with Crippen molar-refractivity contribution in [3.8, 4) is 17.2 Å². The Kier molecular flexibility index (Phi) is 4.09. The van der Waals surface area contributed by atoms with Crippen LogP contribution in [0.2, 0.25) is 0 Å². The fourth-order valence-corrected chi connectivity index (χ4v) is 2.66. The van der Waals surface area contributed by atoms with Crippen LogP contribution in [-0.4, -0.2) is 23.0 Å². The zero-order valence-corrected chi connectivity index (χ0v) is 12.2. The number of hydrogen-bond donors (Lipinski definition) is 0. The van der Waals surface area contributed by atoms with Crippen molar-refractivity contribution in [1.29, 1.82) is 5.26 Å². The zero-order valence-electron chi connectivity index (χ0n) is 12.2. The van der Waals surface area contributed by atoms with E-state index in [0.717, 1.165) is 25.0 Å². The lowest BCUT2D eigenvalue weighted by molar-refractivity contribution is -0.137. The summed E-state index contributed by atoms with van der Waals surface area (Å²) in [5.41, 5.74) is 0.0628. The van der Waals surface area contributed by atoms with Gasteiger partial charge in [-0.1, -0.05) is 0 Å². The maximum atomic E-state index is 13.0. The number of nitriles is 1. The average molecular weight is 321 g/mol. The van der Waals surface area contributed by atoms with Crippen LogP contribution >= 0.6 is 0 Å². The Bertz CT molecular complexity index is 740. The van der Waals surface area contributed by atoms with Gasteiger partial charge in [-0.15, -0.1) is 0 Å². The molecule has 0 radical (unpaired) electrons. The summed E-state index contributed by atoms with van der Waals surface area (Å²) in [5.74, 6) is 0. The minimum Gasteiger partial charge on any atom is -0.381 e. The average Bonchev–Trinajstić information content (AvgIpc) is 3.04. The van der Waals surface area contributed by atoms with E-state index < -0.39 is 11.7 Å². The highest BCUT2D eigenvalue weighted by atomic mass is 19.4. The molecule has 2 heterocycles. The van der Waals surface area contributed by atoms with Gasteiger partial charge in [-0.2, -0.15) is 23.5 Å². The van der Waals surface area contributed by atoms with Crippen LogP contribution in [0.1, 0.15) is 30.0 Å². The van der Waals surface area contributed by atoms with Crippen LogP contribution in [0.15, 0.2) is 30.6 Å². The summed E-state index contributed by atoms with van der Waals surface area (Å²) in [6.07, 6.45) is 0.428. The van der Waals surface area contributed by atoms with Gasteiger partial charge in [0.25, 0.3) is 0 Å². The third kappa shape index (κ3) is 3.37. The smallest absolute Gasteiger partial charge is 0.381 e. The van der Waals surface area contributed by atoms with Crippen molar-refractivity contribution >= 4 is 0 Å². The molecule has 0 spiro atoms. The first-order valence-electron chi connectivity index (χ1n) is 7.22. The van der Waals surface area contributed by atoms with Crippen molar-refractivity contribution in [1.82, 2.24) is 9.78 Å². The maximum Gasteiger partial charge on any atom is 0.416 e. The first-order valence-corrected chi connectivity index (χ1v) is 7.22. The molecule has 23 heavy (non-hydrogen) atoms. The highest BCUT2D eigenvalue weighted by Crippen LogP contribution is 2.33. The van der Waals surface area contributed by atoms with Gasteiger partial charge in [0.1, 0.15) is 0 Å². The van der Waals surface area contributed by atoms with Crippen LogP contribution < -0.4 is 0 Å². The van der Waals surface area contributed by atoms with E-state index in [9.17, 15) is 13.2 Å². The minimum atomic E-state index is -4.49. The molecule has 1 saturated heterocycles. The van der Waals surface area contributed by atoms with E-state index in [1.165, 1.54) is 12.3 Å². The van der Waals surface area contributed by atoms with Gasteiger partial charge >= 0.3 is 6.18 Å². The third-order valence-corrected chi connectivity index (χ3v) is 3.89. The molecular formula is C16H14F3N3O. The molecule has 3 rings (SSSR count). The second kappa shape index (κ2) is 6.05. The first kappa shape index (κ1) is 15.6. The van der Waals surface area contributed by atoms with Gasteiger partial charge in [-0.3, -0.25) is 4.68 Å². The molecule has 0 unspecified atom stereocenters. The van der Waals surface area contributed by atoms with Gasteiger partial charge in [-0.25, -0.2) is 0 Å². The van der Waals surface area contributed by atoms with Crippen LogP contribution in [0.25, 0.3) is 11.1 Å². The van der Waals surface area contributed by atoms with Gasteiger partial charge in [0, 0.05) is 25.0 Å². The number of aromatic nitrogens is 2. The Labute approximate surface area is 131 Å². The molecule has 1 fully saturated rings. The highest BCUT2D eigenvalue weighted by Gasteiger charge is 2.31. The summed E-state index contributed by atoms with van der Waals surface area (Å²) in [7, 11) is 0. The van der Waals surface area contributed by atoms with E-state index in [1.807, 2.05) is 0 Å². The van der Waals surface area contributed by atoms with Crippen LogP contribution in [0, 0.1) is 11.3 Å². The third-order valence-electron chi connectivity index (χ3n) is 3.89. The quantitative estimate of drug-likeness (QED) is 0.845. The summed E-state index contributed by atoms with van der Waals surface area (Å²) in [6, 6.07) is 5.32. The molecule has 7 heteroatoms. The Morgan fingerprint density at radius 2 is 1.91 bits per heavy atom. The van der Waals surface area contributed by atoms with Crippen molar-refractivity contribution in [3.63, 3.8) is 0 Å². The standard InChI is InChI=1S/C16H14F3N3O/c17-16(18,19)14-6-11(8-20)5-12(7-14)13-9-21-22(10-13)15-1-3-23-4-2-15/h5-7,9-10,15H,1-4H2. The Hall–Kier alpha value is -2.33. The number of nitrogens with zero attached hydrogens (tertiary/aromatic N) is 3. The number of ether oxygens (including phenoxy) is 1. The van der Waals surface area contributed by atoms with Gasteiger partial charge in [0.05, 0.1) is 29.4 Å². The normalized spacial score (nSPS) is 16.3. The fourth-order valence-electron chi connectivity index (χ4n) is 2.66. The SMILES string of the molecule is N#Cc1cc(-c2cnn(C3CCOCC3)c2)cc(C(F)(F)F)c1. The van der Waals surface area contributed by atoms with Crippen LogP contribution in [0.5, 0.6) is 0 Å². The molecule has 0 saturated carbocycles. The van der Waals surface area contributed by atoms with Gasteiger partial charge in [-0.05, 0) is 36.6 Å². The molecule has 1 aromatic heterocycles. The predicted octanol–water partition coefficient (Wildman–Crippen LogP) is 3.79. The Morgan fingerprint density at radius 3 is 2.57 bits per heavy atom. The molecule has 0 aliphatic carbocycles. The number of rotatable bonds is 2. The van der Waals surface area contributed by atoms with Gasteiger partial charge < -0.3 is 4.74 Å². The second-order valence-corrected chi connectivity index (χ2v) is 5.46. The van der Waals surface area contributed by atoms with Crippen molar-refractivity contribution in [2.24, 2.45) is 0 Å². The lowest BCUT2D eigenvalue weighted by atomic mass is 10.0. The van der Waals surface area contributed by atoms with Crippen LogP contribution in [0.4, 0.5) is 13.2 Å². The summed E-state index contributed by atoms with van der Waals surface area (Å²) in [4.78, 5) is 0. The van der Waals surface area contributed by atoms with Crippen molar-refractivity contribution in [3.05, 3.63) is 41.7 Å². The molecule has 1 aliphatic rings. The van der Waals surface area contributed by atoms with Crippen molar-refractivity contribution in [2.75, 3.05) is 13.2 Å². The van der Waals surface area contributed by atoms with E-state index in [0.29, 0.717) is 24.3 Å². The molecule has 0 amide bonds. The van der Waals surface area contributed by atoms with E-state index in [4.69, 9.17) is 10.00 Å². The second-order valence-electron chi connectivity index (χ2n) is 5.46. The summed E-state index contributed by atoms with van der Waals surface area (Å²) in [6.45, 7) is 1.31. The van der Waals surface area contributed by atoms with Crippen LogP contribution in [-0.2, 0) is 10.9 Å². The van der Waals surface area contributed by atoms with Gasteiger partial charge in [0.2, 0.25) is 0 Å². The molecule has 2 aromatic rings. The number of halogens is 3. The largest absolute Gasteiger partial charge is 0.416 e. The van der Waals surface area contributed by atoms with E-state index >= 15 is 0 Å². The number of alkyl halides is 3. The Morgan fingerprint density at radius 1 is 1.17 bits per heavy atom. The molecule has 1 aromatic carbocycles. The number of benzene rings is 1. The minimum absolute atomic E-state index is 0.0198. The van der Waals surface area contributed by atoms with E-state index in [2.05, 4.69) is 5.10 Å². The number of hydrogen-bond acceptors (Lipinski definition) is 3. The first-order chi connectivity index (χ1) is 11.0. The van der Waals surface area contributed by atoms with Crippen molar-refractivity contribution < 1.29 is 17.9 Å². The summed E-state index contributed by atoms with van der Waals surface area (Å²) < 4.78 is 45.9. The van der Waals surface area contributed by atoms with Gasteiger partial charge in [0.15, 0.2) is 0 Å². The zero-order chi connectivity index (χ0) is 16.4. The molecule has 0 bridgehead atoms. The van der Waals surface area contributed by atoms with E-state index in [1.54, 1.807) is 16.9 Å². The highest BCUT2D eigenvalue weighted by molar-refractivity contribution is 5.65. The molecule has 0 N–H and O–H groups in total. The lowest BCUT2D eigenvalue weighted by Gasteiger charge is -2.22. The van der Waals surface area contributed by atoms with Crippen LogP contribution in [0.3, 0.4) is 0 Å². The predicted molar refractivity (Wildman–Crippen MR) is 76.5 cm³/mol. The maximum absolute atomic E-state index is 13.0. The molecular weight excluding hydrogens is 307 g/mol. The molecule has 4 nitrogen and oxygen atoms in total. The monoisotopic (exact) mass is 321 g/mol. The van der Waals surface area contributed by atoms with E-state index in [-0.39, 0.29) is 11.6 Å². The fraction of sp³-hybridized carbons (Fsp3) is 0.375. The lowest BCUT2D eigenvalue weighted by Crippen LogP contribution is -2.19. The topological polar surface area (TPSA) is 50.8 Å². The summed E-state index contributed by atoms with van der Waals surface area (Å²) >= 11 is 0. The van der Waals surface area contributed by atoms with Crippen molar-refractivity contribution in [2.45, 2.75) is 25.1 Å². The molecule has 120 valence electrons. The molecule has 0 atom stereocenters. The summed E-state index contributed by atoms with van der Waals surface area (Å²) in [5, 5.41) is 13.2. The molecule has 1 aliphatic heterocycles.